The Morgan fingerprint density at radius 2 is 1.72 bits per heavy atom. The molecule has 160 valence electrons. The van der Waals surface area contributed by atoms with E-state index in [1.807, 2.05) is 11.0 Å². The Kier molecular flexibility index (Phi) is 8.46. The minimum atomic E-state index is -0.0944. The SMILES string of the molecule is CCCCCCCCC(=O)N1CCC2(CC1)SCC(=O)N2CCc1ccccc1. The third-order valence-corrected chi connectivity index (χ3v) is 7.92. The largest absolute Gasteiger partial charge is 0.342 e. The molecule has 2 saturated heterocycles. The van der Waals surface area contributed by atoms with E-state index in [0.717, 1.165) is 45.3 Å². The second-order valence-electron chi connectivity index (χ2n) is 8.41. The summed E-state index contributed by atoms with van der Waals surface area (Å²) >= 11 is 1.80. The van der Waals surface area contributed by atoms with Gasteiger partial charge in [0.15, 0.2) is 0 Å². The van der Waals surface area contributed by atoms with Crippen molar-refractivity contribution in [1.82, 2.24) is 9.80 Å². The van der Waals surface area contributed by atoms with Gasteiger partial charge >= 0.3 is 0 Å². The van der Waals surface area contributed by atoms with Crippen molar-refractivity contribution in [2.45, 2.75) is 76.0 Å². The fraction of sp³-hybridized carbons (Fsp3) is 0.667. The Hall–Kier alpha value is -1.49. The van der Waals surface area contributed by atoms with Gasteiger partial charge in [-0.25, -0.2) is 0 Å². The Balaban J connectivity index is 1.44. The Bertz CT molecular complexity index is 656. The molecule has 2 aliphatic rings. The molecule has 4 nitrogen and oxygen atoms in total. The van der Waals surface area contributed by atoms with E-state index in [1.54, 1.807) is 11.8 Å². The Labute approximate surface area is 180 Å². The number of rotatable bonds is 10. The molecule has 0 radical (unpaired) electrons. The van der Waals surface area contributed by atoms with Crippen LogP contribution in [0, 0.1) is 0 Å². The highest BCUT2D eigenvalue weighted by molar-refractivity contribution is 8.01. The summed E-state index contributed by atoms with van der Waals surface area (Å²) in [6, 6.07) is 10.4. The number of nitrogens with zero attached hydrogens (tertiary/aromatic N) is 2. The van der Waals surface area contributed by atoms with E-state index < -0.39 is 0 Å². The van der Waals surface area contributed by atoms with E-state index in [9.17, 15) is 9.59 Å². The van der Waals surface area contributed by atoms with Crippen molar-refractivity contribution >= 4 is 23.6 Å². The quantitative estimate of drug-likeness (QED) is 0.511. The summed E-state index contributed by atoms with van der Waals surface area (Å²) in [6.45, 7) is 4.58. The summed E-state index contributed by atoms with van der Waals surface area (Å²) < 4.78 is 0. The van der Waals surface area contributed by atoms with Crippen LogP contribution >= 0.6 is 11.8 Å². The maximum Gasteiger partial charge on any atom is 0.233 e. The second-order valence-corrected chi connectivity index (χ2v) is 9.75. The molecular weight excluding hydrogens is 380 g/mol. The van der Waals surface area contributed by atoms with Crippen molar-refractivity contribution < 1.29 is 9.59 Å². The summed E-state index contributed by atoms with van der Waals surface area (Å²) in [5.74, 6) is 1.15. The number of carbonyl (C=O) groups is 2. The van der Waals surface area contributed by atoms with Crippen molar-refractivity contribution in [3.05, 3.63) is 35.9 Å². The van der Waals surface area contributed by atoms with Crippen LogP contribution in [0.15, 0.2) is 30.3 Å². The zero-order chi connectivity index (χ0) is 20.5. The van der Waals surface area contributed by atoms with Crippen molar-refractivity contribution in [3.8, 4) is 0 Å². The van der Waals surface area contributed by atoms with Crippen molar-refractivity contribution in [2.24, 2.45) is 0 Å². The predicted molar refractivity (Wildman–Crippen MR) is 121 cm³/mol. The van der Waals surface area contributed by atoms with Crippen LogP contribution in [0.5, 0.6) is 0 Å². The molecule has 5 heteroatoms. The van der Waals surface area contributed by atoms with E-state index in [-0.39, 0.29) is 10.8 Å². The molecule has 0 unspecified atom stereocenters. The number of carbonyl (C=O) groups excluding carboxylic acids is 2. The summed E-state index contributed by atoms with van der Waals surface area (Å²) in [5, 5.41) is 0. The van der Waals surface area contributed by atoms with Gasteiger partial charge in [-0.15, -0.1) is 11.8 Å². The molecule has 0 aliphatic carbocycles. The number of thioether (sulfide) groups is 1. The fourth-order valence-electron chi connectivity index (χ4n) is 4.53. The minimum Gasteiger partial charge on any atom is -0.342 e. The van der Waals surface area contributed by atoms with Gasteiger partial charge in [-0.1, -0.05) is 69.4 Å². The van der Waals surface area contributed by atoms with Gasteiger partial charge in [-0.2, -0.15) is 0 Å². The molecule has 0 bridgehead atoms. The third kappa shape index (κ3) is 6.00. The molecule has 1 aromatic carbocycles. The second kappa shape index (κ2) is 11.1. The zero-order valence-corrected chi connectivity index (χ0v) is 18.7. The highest BCUT2D eigenvalue weighted by Gasteiger charge is 2.47. The molecule has 3 rings (SSSR count). The van der Waals surface area contributed by atoms with Gasteiger partial charge in [0.05, 0.1) is 10.6 Å². The first-order valence-corrected chi connectivity index (χ1v) is 12.4. The molecular formula is C24H36N2O2S. The number of amides is 2. The van der Waals surface area contributed by atoms with Crippen molar-refractivity contribution in [3.63, 3.8) is 0 Å². The first kappa shape index (κ1) is 22.2. The average Bonchev–Trinajstić information content (AvgIpc) is 3.05. The zero-order valence-electron chi connectivity index (χ0n) is 17.9. The van der Waals surface area contributed by atoms with Crippen LogP contribution in [0.4, 0.5) is 0 Å². The average molecular weight is 417 g/mol. The highest BCUT2D eigenvalue weighted by Crippen LogP contribution is 2.44. The molecule has 2 amide bonds. The van der Waals surface area contributed by atoms with Crippen LogP contribution < -0.4 is 0 Å². The van der Waals surface area contributed by atoms with Gasteiger partial charge in [0.2, 0.25) is 11.8 Å². The number of likely N-dealkylation sites (tertiary alicyclic amines) is 1. The fourth-order valence-corrected chi connectivity index (χ4v) is 5.90. The summed E-state index contributed by atoms with van der Waals surface area (Å²) in [5.41, 5.74) is 1.28. The Morgan fingerprint density at radius 1 is 1.03 bits per heavy atom. The lowest BCUT2D eigenvalue weighted by atomic mass is 10.00. The van der Waals surface area contributed by atoms with Gasteiger partial charge in [0.1, 0.15) is 0 Å². The van der Waals surface area contributed by atoms with Crippen LogP contribution in [0.1, 0.15) is 70.3 Å². The highest BCUT2D eigenvalue weighted by atomic mass is 32.2. The predicted octanol–water partition coefficient (Wildman–Crippen LogP) is 4.87. The van der Waals surface area contributed by atoms with Crippen molar-refractivity contribution in [1.29, 1.82) is 0 Å². The van der Waals surface area contributed by atoms with Crippen LogP contribution in [0.25, 0.3) is 0 Å². The Morgan fingerprint density at radius 3 is 2.45 bits per heavy atom. The maximum atomic E-state index is 12.6. The van der Waals surface area contributed by atoms with Crippen molar-refractivity contribution in [2.75, 3.05) is 25.4 Å². The van der Waals surface area contributed by atoms with Crippen LogP contribution in [0.3, 0.4) is 0 Å². The normalized spacial score (nSPS) is 18.6. The molecule has 1 aromatic rings. The number of unbranched alkanes of at least 4 members (excludes halogenated alkanes) is 5. The van der Waals surface area contributed by atoms with Gasteiger partial charge < -0.3 is 9.80 Å². The lowest BCUT2D eigenvalue weighted by molar-refractivity contribution is -0.135. The number of benzene rings is 1. The molecule has 0 saturated carbocycles. The van der Waals surface area contributed by atoms with Crippen LogP contribution in [-0.2, 0) is 16.0 Å². The van der Waals surface area contributed by atoms with E-state index in [2.05, 4.69) is 36.1 Å². The lowest BCUT2D eigenvalue weighted by Gasteiger charge is -2.44. The maximum absolute atomic E-state index is 12.6. The van der Waals surface area contributed by atoms with E-state index in [0.29, 0.717) is 18.1 Å². The first-order chi connectivity index (χ1) is 14.1. The molecule has 1 spiro atoms. The minimum absolute atomic E-state index is 0.0944. The molecule has 2 fully saturated rings. The molecule has 0 N–H and O–H groups in total. The molecule has 0 atom stereocenters. The first-order valence-electron chi connectivity index (χ1n) is 11.4. The summed E-state index contributed by atoms with van der Waals surface area (Å²) in [6.07, 6.45) is 10.7. The number of piperidine rings is 1. The molecule has 29 heavy (non-hydrogen) atoms. The number of hydrogen-bond acceptors (Lipinski definition) is 3. The van der Waals surface area contributed by atoms with Crippen LogP contribution in [-0.4, -0.2) is 51.9 Å². The topological polar surface area (TPSA) is 40.6 Å². The van der Waals surface area contributed by atoms with E-state index >= 15 is 0 Å². The van der Waals surface area contributed by atoms with Gasteiger partial charge in [0.25, 0.3) is 0 Å². The molecule has 2 aliphatic heterocycles. The third-order valence-electron chi connectivity index (χ3n) is 6.37. The van der Waals surface area contributed by atoms with Gasteiger partial charge in [-0.05, 0) is 31.2 Å². The smallest absolute Gasteiger partial charge is 0.233 e. The summed E-state index contributed by atoms with van der Waals surface area (Å²) in [4.78, 5) is 29.2. The monoisotopic (exact) mass is 416 g/mol. The van der Waals surface area contributed by atoms with Gasteiger partial charge in [0, 0.05) is 26.1 Å². The molecule has 2 heterocycles. The number of hydrogen-bond donors (Lipinski definition) is 0. The molecule has 0 aromatic heterocycles. The standard InChI is InChI=1S/C24H36N2O2S/c1-2-3-4-5-6-10-13-22(27)25-18-15-24(16-19-25)26(23(28)20-29-24)17-14-21-11-8-7-9-12-21/h7-9,11-12H,2-6,10,13-20H2,1H3. The van der Waals surface area contributed by atoms with E-state index in [4.69, 9.17) is 0 Å². The lowest BCUT2D eigenvalue weighted by Crippen LogP contribution is -2.53. The van der Waals surface area contributed by atoms with Crippen LogP contribution in [0.2, 0.25) is 0 Å². The van der Waals surface area contributed by atoms with E-state index in [1.165, 1.54) is 37.7 Å². The van der Waals surface area contributed by atoms with Gasteiger partial charge in [-0.3, -0.25) is 9.59 Å². The summed E-state index contributed by atoms with van der Waals surface area (Å²) in [7, 11) is 0.